The van der Waals surface area contributed by atoms with Crippen LogP contribution in [0.1, 0.15) is 56.4 Å². The van der Waals surface area contributed by atoms with E-state index in [1.807, 2.05) is 55.1 Å². The summed E-state index contributed by atoms with van der Waals surface area (Å²) < 4.78 is 5.45. The van der Waals surface area contributed by atoms with Crippen LogP contribution < -0.4 is 10.1 Å². The summed E-state index contributed by atoms with van der Waals surface area (Å²) in [4.78, 5) is 27.4. The summed E-state index contributed by atoms with van der Waals surface area (Å²) >= 11 is 1.30. The van der Waals surface area contributed by atoms with Crippen LogP contribution in [0.3, 0.4) is 0 Å². The fourth-order valence-corrected chi connectivity index (χ4v) is 4.58. The Labute approximate surface area is 191 Å². The number of rotatable bonds is 6. The Hall–Kier alpha value is -3.26. The fraction of sp³-hybridized carbons (Fsp3) is 0.333. The Morgan fingerprint density at radius 2 is 1.88 bits per heavy atom. The van der Waals surface area contributed by atoms with Crippen molar-refractivity contribution < 1.29 is 14.3 Å². The van der Waals surface area contributed by atoms with E-state index in [-0.39, 0.29) is 17.7 Å². The number of piperidine rings is 1. The van der Waals surface area contributed by atoms with Crippen molar-refractivity contribution in [3.63, 3.8) is 0 Å². The first-order valence-electron chi connectivity index (χ1n) is 10.8. The van der Waals surface area contributed by atoms with Gasteiger partial charge in [0.1, 0.15) is 10.8 Å². The normalized spacial score (nSPS) is 15.9. The zero-order valence-corrected chi connectivity index (χ0v) is 19.0. The van der Waals surface area contributed by atoms with Crippen molar-refractivity contribution in [3.05, 3.63) is 69.7 Å². The van der Waals surface area contributed by atoms with Gasteiger partial charge in [0.25, 0.3) is 11.8 Å². The van der Waals surface area contributed by atoms with Crippen molar-refractivity contribution in [2.45, 2.75) is 32.6 Å². The molecule has 1 aliphatic heterocycles. The zero-order chi connectivity index (χ0) is 22.5. The van der Waals surface area contributed by atoms with E-state index in [1.165, 1.54) is 11.3 Å². The number of aryl methyl sites for hydroxylation is 1. The summed E-state index contributed by atoms with van der Waals surface area (Å²) in [6, 6.07) is 14.9. The maximum atomic E-state index is 13.0. The number of amides is 2. The molecule has 0 bridgehead atoms. The van der Waals surface area contributed by atoms with Gasteiger partial charge in [0.2, 0.25) is 5.01 Å². The van der Waals surface area contributed by atoms with Gasteiger partial charge >= 0.3 is 0 Å². The Kier molecular flexibility index (Phi) is 6.80. The second-order valence-corrected chi connectivity index (χ2v) is 8.82. The van der Waals surface area contributed by atoms with Crippen LogP contribution in [-0.4, -0.2) is 46.6 Å². The third-order valence-corrected chi connectivity index (χ3v) is 6.50. The number of carbonyl (C=O) groups is 2. The molecule has 3 aromatic rings. The number of anilines is 1. The predicted molar refractivity (Wildman–Crippen MR) is 125 cm³/mol. The number of likely N-dealkylation sites (tertiary alicyclic amines) is 1. The number of aromatic nitrogens is 2. The molecule has 2 aromatic carbocycles. The molecule has 1 atom stereocenters. The molecule has 0 aliphatic carbocycles. The lowest BCUT2D eigenvalue weighted by Crippen LogP contribution is -2.39. The fourth-order valence-electron chi connectivity index (χ4n) is 3.72. The number of ether oxygens (including phenoxy) is 1. The molecule has 32 heavy (non-hydrogen) atoms. The van der Waals surface area contributed by atoms with Crippen LogP contribution in [-0.2, 0) is 0 Å². The molecule has 1 saturated heterocycles. The minimum Gasteiger partial charge on any atom is -0.494 e. The van der Waals surface area contributed by atoms with Gasteiger partial charge < -0.3 is 15.0 Å². The summed E-state index contributed by atoms with van der Waals surface area (Å²) in [5.41, 5.74) is 2.49. The van der Waals surface area contributed by atoms with E-state index >= 15 is 0 Å². The first-order valence-corrected chi connectivity index (χ1v) is 11.6. The highest BCUT2D eigenvalue weighted by atomic mass is 32.1. The molecule has 0 saturated carbocycles. The minimum atomic E-state index is -0.268. The van der Waals surface area contributed by atoms with E-state index < -0.39 is 0 Å². The first-order chi connectivity index (χ1) is 15.5. The van der Waals surface area contributed by atoms with E-state index in [2.05, 4.69) is 15.5 Å². The standard InChI is InChI=1S/C24H26N4O3S/c1-3-31-20-12-8-17(9-13-20)24(30)28-14-4-5-18(15-28)22-26-27-23(32-22)21(29)25-19-10-6-16(2)7-11-19/h6-13,18H,3-5,14-15H2,1-2H3,(H,25,29)/t18-/m1/s1. The highest BCUT2D eigenvalue weighted by molar-refractivity contribution is 7.13. The summed E-state index contributed by atoms with van der Waals surface area (Å²) in [5, 5.41) is 12.3. The molecule has 2 amide bonds. The van der Waals surface area contributed by atoms with E-state index in [9.17, 15) is 9.59 Å². The van der Waals surface area contributed by atoms with Crippen LogP contribution in [0.25, 0.3) is 0 Å². The smallest absolute Gasteiger partial charge is 0.286 e. The molecule has 8 heteroatoms. The monoisotopic (exact) mass is 450 g/mol. The third-order valence-electron chi connectivity index (χ3n) is 5.41. The molecule has 1 N–H and O–H groups in total. The topological polar surface area (TPSA) is 84.4 Å². The summed E-state index contributed by atoms with van der Waals surface area (Å²) in [5.74, 6) is 0.565. The van der Waals surface area contributed by atoms with Gasteiger partial charge in [-0.05, 0) is 63.1 Å². The number of benzene rings is 2. The quantitative estimate of drug-likeness (QED) is 0.597. The van der Waals surface area contributed by atoms with E-state index in [0.29, 0.717) is 30.3 Å². The Balaban J connectivity index is 1.40. The molecule has 1 aliphatic rings. The second kappa shape index (κ2) is 9.91. The first kappa shape index (κ1) is 22.0. The molecule has 4 rings (SSSR count). The lowest BCUT2D eigenvalue weighted by atomic mass is 9.98. The molecule has 0 spiro atoms. The van der Waals surface area contributed by atoms with Crippen LogP contribution in [0.4, 0.5) is 5.69 Å². The van der Waals surface area contributed by atoms with Crippen LogP contribution in [0.15, 0.2) is 48.5 Å². The number of nitrogens with zero attached hydrogens (tertiary/aromatic N) is 3. The summed E-state index contributed by atoms with van der Waals surface area (Å²) in [6.45, 7) is 5.80. The average molecular weight is 451 g/mol. The van der Waals surface area contributed by atoms with Gasteiger partial charge in [0, 0.05) is 30.3 Å². The SMILES string of the molecule is CCOc1ccc(C(=O)N2CCC[C@@H](c3nnc(C(=O)Nc4ccc(C)cc4)s3)C2)cc1. The number of nitrogens with one attached hydrogen (secondary N) is 1. The largest absolute Gasteiger partial charge is 0.494 e. The van der Waals surface area contributed by atoms with Crippen LogP contribution in [0.2, 0.25) is 0 Å². The Morgan fingerprint density at radius 1 is 1.12 bits per heavy atom. The predicted octanol–water partition coefficient (Wildman–Crippen LogP) is 4.52. The molecule has 166 valence electrons. The lowest BCUT2D eigenvalue weighted by molar-refractivity contribution is 0.0706. The number of hydrogen-bond acceptors (Lipinski definition) is 6. The third kappa shape index (κ3) is 5.13. The van der Waals surface area contributed by atoms with Gasteiger partial charge in [-0.1, -0.05) is 29.0 Å². The van der Waals surface area contributed by atoms with Crippen LogP contribution in [0, 0.1) is 6.92 Å². The van der Waals surface area contributed by atoms with E-state index in [0.717, 1.165) is 34.8 Å². The summed E-state index contributed by atoms with van der Waals surface area (Å²) in [6.07, 6.45) is 1.80. The number of hydrogen-bond donors (Lipinski definition) is 1. The van der Waals surface area contributed by atoms with Crippen molar-refractivity contribution in [3.8, 4) is 5.75 Å². The van der Waals surface area contributed by atoms with E-state index in [1.54, 1.807) is 12.1 Å². The molecule has 0 radical (unpaired) electrons. The van der Waals surface area contributed by atoms with Crippen molar-refractivity contribution >= 4 is 28.8 Å². The molecular formula is C24H26N4O3S. The molecule has 1 fully saturated rings. The van der Waals surface area contributed by atoms with Gasteiger partial charge in [0.05, 0.1) is 6.61 Å². The van der Waals surface area contributed by atoms with Crippen molar-refractivity contribution in [1.82, 2.24) is 15.1 Å². The van der Waals surface area contributed by atoms with Crippen molar-refractivity contribution in [1.29, 1.82) is 0 Å². The van der Waals surface area contributed by atoms with Gasteiger partial charge in [-0.15, -0.1) is 10.2 Å². The minimum absolute atomic E-state index is 0.000369. The van der Waals surface area contributed by atoms with Gasteiger partial charge in [-0.3, -0.25) is 9.59 Å². The molecule has 0 unspecified atom stereocenters. The number of carbonyl (C=O) groups excluding carboxylic acids is 2. The van der Waals surface area contributed by atoms with Gasteiger partial charge in [-0.2, -0.15) is 0 Å². The highest BCUT2D eigenvalue weighted by Gasteiger charge is 2.28. The summed E-state index contributed by atoms with van der Waals surface area (Å²) in [7, 11) is 0. The van der Waals surface area contributed by atoms with Crippen molar-refractivity contribution in [2.24, 2.45) is 0 Å². The van der Waals surface area contributed by atoms with Gasteiger partial charge in [0.15, 0.2) is 0 Å². The maximum Gasteiger partial charge on any atom is 0.286 e. The van der Waals surface area contributed by atoms with Crippen LogP contribution in [0.5, 0.6) is 5.75 Å². The second-order valence-electron chi connectivity index (χ2n) is 7.81. The average Bonchev–Trinajstić information content (AvgIpc) is 3.32. The Morgan fingerprint density at radius 3 is 2.59 bits per heavy atom. The molecule has 7 nitrogen and oxygen atoms in total. The van der Waals surface area contributed by atoms with Crippen LogP contribution >= 0.6 is 11.3 Å². The molecule has 1 aromatic heterocycles. The zero-order valence-electron chi connectivity index (χ0n) is 18.2. The van der Waals surface area contributed by atoms with Crippen molar-refractivity contribution in [2.75, 3.05) is 25.0 Å². The van der Waals surface area contributed by atoms with E-state index in [4.69, 9.17) is 4.74 Å². The highest BCUT2D eigenvalue weighted by Crippen LogP contribution is 2.30. The Bertz CT molecular complexity index is 1080. The van der Waals surface area contributed by atoms with Gasteiger partial charge in [-0.25, -0.2) is 0 Å². The molecular weight excluding hydrogens is 424 g/mol. The maximum absolute atomic E-state index is 13.0. The lowest BCUT2D eigenvalue weighted by Gasteiger charge is -2.31. The molecule has 2 heterocycles.